The first-order chi connectivity index (χ1) is 7.44. The maximum atomic E-state index is 11.0. The van der Waals surface area contributed by atoms with Crippen LogP contribution in [0.1, 0.15) is 12.8 Å². The summed E-state index contributed by atoms with van der Waals surface area (Å²) in [5.41, 5.74) is 5.62. The zero-order valence-corrected chi connectivity index (χ0v) is 9.87. The Hall–Kier alpha value is -1.31. The molecule has 1 heterocycles. The molecule has 0 spiro atoms. The van der Waals surface area contributed by atoms with Gasteiger partial charge in [-0.1, -0.05) is 0 Å². The molecule has 1 saturated carbocycles. The van der Waals surface area contributed by atoms with Crippen LogP contribution in [0.25, 0.3) is 0 Å². The Kier molecular flexibility index (Phi) is 2.75. The number of aromatic nitrogens is 3. The number of anilines is 2. The normalized spacial score (nSPS) is 16.3. The van der Waals surface area contributed by atoms with Gasteiger partial charge in [-0.3, -0.25) is 0 Å². The van der Waals surface area contributed by atoms with Gasteiger partial charge < -0.3 is 11.1 Å². The Balaban J connectivity index is 2.00. The zero-order valence-electron chi connectivity index (χ0n) is 9.05. The summed E-state index contributed by atoms with van der Waals surface area (Å²) in [5.74, 6) is 0.740. The van der Waals surface area contributed by atoms with E-state index in [0.717, 1.165) is 12.8 Å². The van der Waals surface area contributed by atoms with Gasteiger partial charge in [-0.15, -0.1) is 5.10 Å². The van der Waals surface area contributed by atoms with Crippen molar-refractivity contribution in [1.29, 1.82) is 0 Å². The molecular formula is C8H15N5O2S. The minimum Gasteiger partial charge on any atom is -0.368 e. The summed E-state index contributed by atoms with van der Waals surface area (Å²) in [7, 11) is -3.01. The van der Waals surface area contributed by atoms with Gasteiger partial charge in [0.15, 0.2) is 0 Å². The third-order valence-electron chi connectivity index (χ3n) is 2.28. The summed E-state index contributed by atoms with van der Waals surface area (Å²) in [6, 6.07) is 0.449. The number of nitrogen functional groups attached to an aromatic ring is 1. The van der Waals surface area contributed by atoms with Gasteiger partial charge >= 0.3 is 0 Å². The zero-order chi connectivity index (χ0) is 11.8. The lowest BCUT2D eigenvalue weighted by atomic mass is 10.7. The third kappa shape index (κ3) is 3.09. The average molecular weight is 245 g/mol. The number of sulfone groups is 1. The number of hydrogen-bond acceptors (Lipinski definition) is 6. The lowest BCUT2D eigenvalue weighted by molar-refractivity contribution is 0.588. The quantitative estimate of drug-likeness (QED) is 0.723. The molecule has 1 fully saturated rings. The Morgan fingerprint density at radius 1 is 1.56 bits per heavy atom. The van der Waals surface area contributed by atoms with E-state index in [2.05, 4.69) is 15.4 Å². The molecule has 1 aliphatic rings. The Morgan fingerprint density at radius 2 is 2.25 bits per heavy atom. The fourth-order valence-corrected chi connectivity index (χ4v) is 1.75. The maximum Gasteiger partial charge on any atom is 0.244 e. The van der Waals surface area contributed by atoms with Crippen LogP contribution in [-0.4, -0.2) is 41.2 Å². The van der Waals surface area contributed by atoms with E-state index in [-0.39, 0.29) is 18.2 Å². The lowest BCUT2D eigenvalue weighted by Crippen LogP contribution is -2.14. The molecule has 0 aliphatic heterocycles. The fourth-order valence-electron chi connectivity index (χ4n) is 1.24. The van der Waals surface area contributed by atoms with Crippen LogP contribution < -0.4 is 11.1 Å². The van der Waals surface area contributed by atoms with Crippen molar-refractivity contribution in [2.45, 2.75) is 25.4 Å². The first-order valence-electron chi connectivity index (χ1n) is 5.08. The van der Waals surface area contributed by atoms with E-state index >= 15 is 0 Å². The molecule has 0 saturated heterocycles. The van der Waals surface area contributed by atoms with Crippen LogP contribution in [0.15, 0.2) is 0 Å². The standard InChI is InChI=1S/C8H15N5O2S/c1-16(14,15)5-4-13-7(9)11-8(12-13)10-6-2-3-6/h6H,2-5H2,1H3,(H3,9,10,11,12). The maximum absolute atomic E-state index is 11.0. The molecule has 0 amide bonds. The lowest BCUT2D eigenvalue weighted by Gasteiger charge is -2.00. The van der Waals surface area contributed by atoms with Crippen molar-refractivity contribution in [3.8, 4) is 0 Å². The Morgan fingerprint density at radius 3 is 2.81 bits per heavy atom. The molecule has 0 radical (unpaired) electrons. The number of nitrogens with two attached hydrogens (primary N) is 1. The van der Waals surface area contributed by atoms with Gasteiger partial charge in [0.25, 0.3) is 0 Å². The molecule has 0 aromatic carbocycles. The van der Waals surface area contributed by atoms with Gasteiger partial charge in [0, 0.05) is 12.3 Å². The second-order valence-electron chi connectivity index (χ2n) is 4.07. The van der Waals surface area contributed by atoms with Crippen LogP contribution >= 0.6 is 0 Å². The molecule has 0 unspecified atom stereocenters. The molecule has 1 aromatic heterocycles. The van der Waals surface area contributed by atoms with Crippen LogP contribution in [0.2, 0.25) is 0 Å². The van der Waals surface area contributed by atoms with Crippen molar-refractivity contribution in [1.82, 2.24) is 14.8 Å². The fraction of sp³-hybridized carbons (Fsp3) is 0.750. The van der Waals surface area contributed by atoms with Gasteiger partial charge in [0.1, 0.15) is 9.84 Å². The summed E-state index contributed by atoms with van der Waals surface area (Å²) in [5, 5.41) is 7.20. The van der Waals surface area contributed by atoms with E-state index in [1.54, 1.807) is 0 Å². The van der Waals surface area contributed by atoms with Crippen molar-refractivity contribution in [2.75, 3.05) is 23.1 Å². The monoisotopic (exact) mass is 245 g/mol. The molecule has 7 nitrogen and oxygen atoms in total. The first kappa shape index (κ1) is 11.2. The topological polar surface area (TPSA) is 103 Å². The number of aryl methyl sites for hydroxylation is 1. The molecule has 2 rings (SSSR count). The van der Waals surface area contributed by atoms with Crippen molar-refractivity contribution < 1.29 is 8.42 Å². The van der Waals surface area contributed by atoms with E-state index < -0.39 is 9.84 Å². The predicted octanol–water partition coefficient (Wildman–Crippen LogP) is -0.521. The van der Waals surface area contributed by atoms with Crippen LogP contribution in [0.5, 0.6) is 0 Å². The summed E-state index contributed by atoms with van der Waals surface area (Å²) in [6.07, 6.45) is 3.43. The van der Waals surface area contributed by atoms with Gasteiger partial charge in [0.05, 0.1) is 12.3 Å². The highest BCUT2D eigenvalue weighted by Crippen LogP contribution is 2.23. The minimum absolute atomic E-state index is 0.0173. The highest BCUT2D eigenvalue weighted by atomic mass is 32.2. The minimum atomic E-state index is -3.01. The summed E-state index contributed by atoms with van der Waals surface area (Å²) < 4.78 is 23.4. The average Bonchev–Trinajstić information content (AvgIpc) is 2.87. The van der Waals surface area contributed by atoms with Crippen molar-refractivity contribution in [3.05, 3.63) is 0 Å². The molecule has 1 aromatic rings. The number of nitrogens with zero attached hydrogens (tertiary/aromatic N) is 3. The SMILES string of the molecule is CS(=O)(=O)CCn1nc(NC2CC2)nc1N. The van der Waals surface area contributed by atoms with Gasteiger partial charge in [-0.05, 0) is 12.8 Å². The number of hydrogen-bond donors (Lipinski definition) is 2. The Labute approximate surface area is 94.0 Å². The second kappa shape index (κ2) is 3.93. The highest BCUT2D eigenvalue weighted by molar-refractivity contribution is 7.90. The van der Waals surface area contributed by atoms with Gasteiger partial charge in [-0.2, -0.15) is 4.98 Å². The second-order valence-corrected chi connectivity index (χ2v) is 6.32. The van der Waals surface area contributed by atoms with Gasteiger partial charge in [0.2, 0.25) is 11.9 Å². The van der Waals surface area contributed by atoms with Crippen LogP contribution in [0.3, 0.4) is 0 Å². The van der Waals surface area contributed by atoms with E-state index in [4.69, 9.17) is 5.73 Å². The van der Waals surface area contributed by atoms with E-state index in [9.17, 15) is 8.42 Å². The molecule has 8 heteroatoms. The van der Waals surface area contributed by atoms with E-state index in [1.807, 2.05) is 0 Å². The highest BCUT2D eigenvalue weighted by Gasteiger charge is 2.23. The van der Waals surface area contributed by atoms with Crippen molar-refractivity contribution >= 4 is 21.7 Å². The molecule has 1 aliphatic carbocycles. The van der Waals surface area contributed by atoms with E-state index in [1.165, 1.54) is 10.9 Å². The van der Waals surface area contributed by atoms with E-state index in [0.29, 0.717) is 12.0 Å². The van der Waals surface area contributed by atoms with Crippen molar-refractivity contribution in [3.63, 3.8) is 0 Å². The largest absolute Gasteiger partial charge is 0.368 e. The first-order valence-corrected chi connectivity index (χ1v) is 7.15. The summed E-state index contributed by atoms with van der Waals surface area (Å²) >= 11 is 0. The van der Waals surface area contributed by atoms with Crippen molar-refractivity contribution in [2.24, 2.45) is 0 Å². The Bertz CT molecular complexity index is 477. The van der Waals surface area contributed by atoms with Gasteiger partial charge in [-0.25, -0.2) is 13.1 Å². The third-order valence-corrected chi connectivity index (χ3v) is 3.21. The molecule has 16 heavy (non-hydrogen) atoms. The van der Waals surface area contributed by atoms with Crippen LogP contribution in [0, 0.1) is 0 Å². The molecule has 90 valence electrons. The number of nitrogens with one attached hydrogen (secondary N) is 1. The molecular weight excluding hydrogens is 230 g/mol. The number of rotatable bonds is 5. The molecule has 0 bridgehead atoms. The summed E-state index contributed by atoms with van der Waals surface area (Å²) in [6.45, 7) is 0.240. The van der Waals surface area contributed by atoms with Crippen LogP contribution in [-0.2, 0) is 16.4 Å². The smallest absolute Gasteiger partial charge is 0.244 e. The molecule has 0 atom stereocenters. The predicted molar refractivity (Wildman–Crippen MR) is 60.8 cm³/mol. The van der Waals surface area contributed by atoms with Crippen LogP contribution in [0.4, 0.5) is 11.9 Å². The molecule has 3 N–H and O–H groups in total. The summed E-state index contributed by atoms with van der Waals surface area (Å²) in [4.78, 5) is 4.02.